The quantitative estimate of drug-likeness (QED) is 0.821. The second-order valence-electron chi connectivity index (χ2n) is 5.00. The second-order valence-corrected chi connectivity index (χ2v) is 6.71. The number of halogens is 2. The first-order valence-corrected chi connectivity index (χ1v) is 7.84. The molecule has 0 fully saturated rings. The fourth-order valence-electron chi connectivity index (χ4n) is 2.33. The molecule has 2 N–H and O–H groups in total. The van der Waals surface area contributed by atoms with E-state index in [2.05, 4.69) is 0 Å². The van der Waals surface area contributed by atoms with Gasteiger partial charge in [-0.05, 0) is 36.1 Å². The van der Waals surface area contributed by atoms with Gasteiger partial charge in [-0.15, -0.1) is 0 Å². The summed E-state index contributed by atoms with van der Waals surface area (Å²) in [5.41, 5.74) is 1.43. The molecule has 1 unspecified atom stereocenters. The molecule has 21 heavy (non-hydrogen) atoms. The number of fused-ring (bicyclic) bond motifs is 1. The maximum absolute atomic E-state index is 12.4. The van der Waals surface area contributed by atoms with Gasteiger partial charge < -0.3 is 5.11 Å². The molecule has 0 amide bonds. The van der Waals surface area contributed by atoms with E-state index in [0.29, 0.717) is 12.0 Å². The number of carboxylic acids is 1. The van der Waals surface area contributed by atoms with Crippen LogP contribution in [0.15, 0.2) is 23.1 Å². The zero-order chi connectivity index (χ0) is 15.6. The highest BCUT2D eigenvalue weighted by molar-refractivity contribution is 7.89. The van der Waals surface area contributed by atoms with Gasteiger partial charge in [0.1, 0.15) is 13.3 Å². The first-order valence-electron chi connectivity index (χ1n) is 6.36. The number of hydrogen-bond donors (Lipinski definition) is 2. The number of sulfonamides is 1. The highest BCUT2D eigenvalue weighted by atomic mass is 32.2. The Morgan fingerprint density at radius 1 is 1.29 bits per heavy atom. The number of nitrogens with one attached hydrogen (secondary N) is 1. The van der Waals surface area contributed by atoms with E-state index in [4.69, 9.17) is 5.11 Å². The van der Waals surface area contributed by atoms with Crippen molar-refractivity contribution in [3.05, 3.63) is 29.3 Å². The Morgan fingerprint density at radius 3 is 2.48 bits per heavy atom. The molecule has 0 aromatic heterocycles. The molecule has 1 atom stereocenters. The van der Waals surface area contributed by atoms with Crippen molar-refractivity contribution >= 4 is 16.0 Å². The summed E-state index contributed by atoms with van der Waals surface area (Å²) in [5.74, 6) is -1.49. The largest absolute Gasteiger partial charge is 0.481 e. The van der Waals surface area contributed by atoms with Crippen LogP contribution in [0.1, 0.15) is 11.1 Å². The van der Waals surface area contributed by atoms with E-state index < -0.39 is 41.3 Å². The van der Waals surface area contributed by atoms with Gasteiger partial charge in [0, 0.05) is 0 Å². The zero-order valence-electron chi connectivity index (χ0n) is 11.1. The van der Waals surface area contributed by atoms with Crippen LogP contribution in [-0.2, 0) is 27.7 Å². The molecular formula is C13H15F2NO4S. The number of rotatable bonds is 6. The lowest BCUT2D eigenvalue weighted by Crippen LogP contribution is -2.37. The lowest BCUT2D eigenvalue weighted by molar-refractivity contribution is -0.141. The van der Waals surface area contributed by atoms with Crippen LogP contribution >= 0.6 is 0 Å². The van der Waals surface area contributed by atoms with E-state index in [0.717, 1.165) is 5.56 Å². The van der Waals surface area contributed by atoms with Gasteiger partial charge in [-0.1, -0.05) is 6.07 Å². The summed E-state index contributed by atoms with van der Waals surface area (Å²) in [6.45, 7) is -2.27. The third-order valence-electron chi connectivity index (χ3n) is 3.46. The number of alkyl halides is 2. The van der Waals surface area contributed by atoms with Crippen LogP contribution in [0.5, 0.6) is 0 Å². The van der Waals surface area contributed by atoms with Crippen molar-refractivity contribution in [1.82, 2.24) is 4.72 Å². The maximum Gasteiger partial charge on any atom is 0.307 e. The monoisotopic (exact) mass is 319 g/mol. The molecule has 0 spiro atoms. The molecule has 0 aliphatic heterocycles. The van der Waals surface area contributed by atoms with Gasteiger partial charge in [0.2, 0.25) is 10.0 Å². The van der Waals surface area contributed by atoms with Gasteiger partial charge in [-0.2, -0.15) is 0 Å². The predicted molar refractivity (Wildman–Crippen MR) is 71.0 cm³/mol. The molecule has 2 rings (SSSR count). The first kappa shape index (κ1) is 15.8. The summed E-state index contributed by atoms with van der Waals surface area (Å²) in [6.07, 6.45) is 0.611. The lowest BCUT2D eigenvalue weighted by atomic mass is 10.1. The van der Waals surface area contributed by atoms with Crippen LogP contribution in [0.2, 0.25) is 0 Å². The maximum atomic E-state index is 12.4. The van der Waals surface area contributed by atoms with Crippen LogP contribution in [0.25, 0.3) is 0 Å². The van der Waals surface area contributed by atoms with Gasteiger partial charge in [0.15, 0.2) is 0 Å². The summed E-state index contributed by atoms with van der Waals surface area (Å²) in [7, 11) is -4.02. The first-order chi connectivity index (χ1) is 9.87. The lowest BCUT2D eigenvalue weighted by Gasteiger charge is -2.12. The SMILES string of the molecule is O=C(O)C1Cc2ccc(S(=O)(=O)NC(CF)CF)cc2C1. The molecule has 0 bridgehead atoms. The summed E-state index contributed by atoms with van der Waals surface area (Å²) in [4.78, 5) is 10.8. The zero-order valence-corrected chi connectivity index (χ0v) is 11.9. The molecule has 1 aromatic rings. The van der Waals surface area contributed by atoms with Crippen molar-refractivity contribution in [2.24, 2.45) is 5.92 Å². The van der Waals surface area contributed by atoms with E-state index >= 15 is 0 Å². The van der Waals surface area contributed by atoms with Gasteiger partial charge >= 0.3 is 5.97 Å². The van der Waals surface area contributed by atoms with Crippen molar-refractivity contribution < 1.29 is 27.1 Å². The fourth-order valence-corrected chi connectivity index (χ4v) is 3.57. The minimum atomic E-state index is -4.02. The summed E-state index contributed by atoms with van der Waals surface area (Å²) >= 11 is 0. The van der Waals surface area contributed by atoms with Gasteiger partial charge in [0.05, 0.1) is 16.9 Å². The predicted octanol–water partition coefficient (Wildman–Crippen LogP) is 1.07. The number of carboxylic acid groups (broad SMARTS) is 1. The van der Waals surface area contributed by atoms with Crippen LogP contribution in [0, 0.1) is 5.92 Å². The van der Waals surface area contributed by atoms with E-state index in [1.807, 2.05) is 4.72 Å². The summed E-state index contributed by atoms with van der Waals surface area (Å²) < 4.78 is 50.8. The molecule has 0 heterocycles. The molecule has 5 nitrogen and oxygen atoms in total. The van der Waals surface area contributed by atoms with Crippen molar-refractivity contribution in [2.75, 3.05) is 13.3 Å². The van der Waals surface area contributed by atoms with Crippen LogP contribution in [0.3, 0.4) is 0 Å². The molecule has 1 aliphatic rings. The minimum absolute atomic E-state index is 0.112. The Kier molecular flexibility index (Phi) is 4.58. The van der Waals surface area contributed by atoms with E-state index in [1.54, 1.807) is 6.07 Å². The average molecular weight is 319 g/mol. The van der Waals surface area contributed by atoms with Crippen molar-refractivity contribution in [3.8, 4) is 0 Å². The van der Waals surface area contributed by atoms with E-state index in [1.165, 1.54) is 12.1 Å². The molecule has 1 aliphatic carbocycles. The Hall–Kier alpha value is -1.54. The van der Waals surface area contributed by atoms with Crippen LogP contribution in [0.4, 0.5) is 8.78 Å². The molecular weight excluding hydrogens is 304 g/mol. The Balaban J connectivity index is 2.24. The van der Waals surface area contributed by atoms with Crippen LogP contribution in [-0.4, -0.2) is 38.9 Å². The highest BCUT2D eigenvalue weighted by Gasteiger charge is 2.29. The number of hydrogen-bond acceptors (Lipinski definition) is 3. The number of carbonyl (C=O) groups is 1. The van der Waals surface area contributed by atoms with Crippen molar-refractivity contribution in [1.29, 1.82) is 0 Å². The summed E-state index contributed by atoms with van der Waals surface area (Å²) in [6, 6.07) is 2.83. The Labute approximate surface area is 121 Å². The average Bonchev–Trinajstić information content (AvgIpc) is 2.88. The fraction of sp³-hybridized carbons (Fsp3) is 0.462. The molecule has 1 aromatic carbocycles. The van der Waals surface area contributed by atoms with E-state index in [9.17, 15) is 22.0 Å². The standard InChI is InChI=1S/C13H15F2NO4S/c14-6-11(7-15)16-21(19,20)12-2-1-8-3-10(13(17)18)4-9(8)5-12/h1-2,5,10-11,16H,3-4,6-7H2,(H,17,18). The minimum Gasteiger partial charge on any atom is -0.481 e. The summed E-state index contributed by atoms with van der Waals surface area (Å²) in [5, 5.41) is 8.98. The topological polar surface area (TPSA) is 83.5 Å². The van der Waals surface area contributed by atoms with Gasteiger partial charge in [-0.25, -0.2) is 21.9 Å². The van der Waals surface area contributed by atoms with Crippen molar-refractivity contribution in [3.63, 3.8) is 0 Å². The number of aliphatic carboxylic acids is 1. The molecule has 8 heteroatoms. The van der Waals surface area contributed by atoms with Crippen molar-refractivity contribution in [2.45, 2.75) is 23.8 Å². The van der Waals surface area contributed by atoms with E-state index in [-0.39, 0.29) is 11.3 Å². The highest BCUT2D eigenvalue weighted by Crippen LogP contribution is 2.29. The van der Waals surface area contributed by atoms with Crippen LogP contribution < -0.4 is 4.72 Å². The second kappa shape index (κ2) is 6.07. The molecule has 0 saturated heterocycles. The molecule has 0 radical (unpaired) electrons. The third-order valence-corrected chi connectivity index (χ3v) is 4.98. The van der Waals surface area contributed by atoms with Gasteiger partial charge in [0.25, 0.3) is 0 Å². The normalized spacial score (nSPS) is 18.0. The molecule has 116 valence electrons. The smallest absolute Gasteiger partial charge is 0.307 e. The Bertz CT molecular complexity index is 644. The third kappa shape index (κ3) is 3.38. The number of benzene rings is 1. The molecule has 0 saturated carbocycles. The van der Waals surface area contributed by atoms with Gasteiger partial charge in [-0.3, -0.25) is 4.79 Å². The Morgan fingerprint density at radius 2 is 1.90 bits per heavy atom.